The van der Waals surface area contributed by atoms with E-state index in [0.29, 0.717) is 5.92 Å². The summed E-state index contributed by atoms with van der Waals surface area (Å²) in [6.07, 6.45) is 4.74. The fourth-order valence-corrected chi connectivity index (χ4v) is 2.65. The van der Waals surface area contributed by atoms with Gasteiger partial charge in [0.05, 0.1) is 0 Å². The van der Waals surface area contributed by atoms with E-state index in [-0.39, 0.29) is 11.7 Å². The number of benzene rings is 1. The molecule has 1 fully saturated rings. The summed E-state index contributed by atoms with van der Waals surface area (Å²) >= 11 is 0. The van der Waals surface area contributed by atoms with Gasteiger partial charge in [0.1, 0.15) is 5.82 Å². The van der Waals surface area contributed by atoms with Crippen LogP contribution in [0.3, 0.4) is 0 Å². The second kappa shape index (κ2) is 6.69. The molecule has 0 atom stereocenters. The van der Waals surface area contributed by atoms with E-state index < -0.39 is 0 Å². The fourth-order valence-electron chi connectivity index (χ4n) is 2.65. The van der Waals surface area contributed by atoms with Crippen LogP contribution in [0.1, 0.15) is 32.3 Å². The summed E-state index contributed by atoms with van der Waals surface area (Å²) in [7, 11) is 0. The molecule has 1 amide bonds. The Morgan fingerprint density at radius 2 is 1.85 bits per heavy atom. The number of rotatable bonds is 3. The maximum atomic E-state index is 12.9. The lowest BCUT2D eigenvalue weighted by molar-refractivity contribution is -0.127. The highest BCUT2D eigenvalue weighted by molar-refractivity contribution is 5.88. The number of hydrogen-bond acceptors (Lipinski definition) is 1. The fraction of sp³-hybridized carbons (Fsp3) is 0.471. The molecule has 1 aliphatic rings. The van der Waals surface area contributed by atoms with Gasteiger partial charge in [-0.05, 0) is 56.7 Å². The molecular weight excluding hydrogens is 253 g/mol. The van der Waals surface area contributed by atoms with Gasteiger partial charge >= 0.3 is 0 Å². The van der Waals surface area contributed by atoms with Gasteiger partial charge in [-0.1, -0.05) is 17.7 Å². The summed E-state index contributed by atoms with van der Waals surface area (Å²) in [6, 6.07) is 6.75. The molecule has 0 aliphatic carbocycles. The molecule has 0 bridgehead atoms. The van der Waals surface area contributed by atoms with Crippen molar-refractivity contribution in [1.82, 2.24) is 4.90 Å². The van der Waals surface area contributed by atoms with Gasteiger partial charge in [-0.15, -0.1) is 0 Å². The molecule has 1 saturated heterocycles. The largest absolute Gasteiger partial charge is 0.339 e. The van der Waals surface area contributed by atoms with Crippen molar-refractivity contribution < 1.29 is 9.18 Å². The summed E-state index contributed by atoms with van der Waals surface area (Å²) in [4.78, 5) is 13.8. The molecule has 0 radical (unpaired) electrons. The van der Waals surface area contributed by atoms with E-state index in [1.54, 1.807) is 6.08 Å². The van der Waals surface area contributed by atoms with Crippen LogP contribution < -0.4 is 0 Å². The molecule has 2 rings (SSSR count). The summed E-state index contributed by atoms with van der Waals surface area (Å²) in [5.74, 6) is 0.539. The maximum Gasteiger partial charge on any atom is 0.246 e. The number of allylic oxidation sites excluding steroid dienone is 1. The van der Waals surface area contributed by atoms with Crippen molar-refractivity contribution >= 4 is 5.91 Å². The highest BCUT2D eigenvalue weighted by Crippen LogP contribution is 2.22. The number of nitrogens with zero attached hydrogens (tertiary/aromatic N) is 1. The van der Waals surface area contributed by atoms with Crippen molar-refractivity contribution in [3.05, 3.63) is 47.3 Å². The van der Waals surface area contributed by atoms with Gasteiger partial charge in [0.2, 0.25) is 5.91 Å². The standard InChI is InChI=1S/C17H22FNO/c1-13(2)11-17(20)19-9-7-15(8-10-19)12-14-3-5-16(18)6-4-14/h3-6,11,15H,7-10,12H2,1-2H3. The monoisotopic (exact) mass is 275 g/mol. The van der Waals surface area contributed by atoms with Crippen LogP contribution in [0, 0.1) is 11.7 Å². The third-order valence-electron chi connectivity index (χ3n) is 3.78. The minimum absolute atomic E-state index is 0.130. The van der Waals surface area contributed by atoms with Crippen LogP contribution in [0.4, 0.5) is 4.39 Å². The molecule has 2 nitrogen and oxygen atoms in total. The highest BCUT2D eigenvalue weighted by Gasteiger charge is 2.21. The number of carbonyl (C=O) groups is 1. The predicted molar refractivity (Wildman–Crippen MR) is 78.8 cm³/mol. The molecule has 3 heteroatoms. The van der Waals surface area contributed by atoms with E-state index in [0.717, 1.165) is 37.9 Å². The molecule has 1 aromatic carbocycles. The lowest BCUT2D eigenvalue weighted by atomic mass is 9.90. The van der Waals surface area contributed by atoms with E-state index in [9.17, 15) is 9.18 Å². The Bertz CT molecular complexity index is 480. The lowest BCUT2D eigenvalue weighted by Crippen LogP contribution is -2.38. The zero-order valence-electron chi connectivity index (χ0n) is 12.2. The first kappa shape index (κ1) is 14.8. The van der Waals surface area contributed by atoms with Crippen LogP contribution in [0.5, 0.6) is 0 Å². The number of likely N-dealkylation sites (tertiary alicyclic amines) is 1. The molecule has 108 valence electrons. The van der Waals surface area contributed by atoms with Gasteiger partial charge in [0.15, 0.2) is 0 Å². The van der Waals surface area contributed by atoms with Gasteiger partial charge in [0.25, 0.3) is 0 Å². The second-order valence-corrected chi connectivity index (χ2v) is 5.82. The van der Waals surface area contributed by atoms with Gasteiger partial charge in [-0.2, -0.15) is 0 Å². The Morgan fingerprint density at radius 3 is 2.40 bits per heavy atom. The SMILES string of the molecule is CC(C)=CC(=O)N1CCC(Cc2ccc(F)cc2)CC1. The molecule has 0 aromatic heterocycles. The van der Waals surface area contributed by atoms with Crippen molar-refractivity contribution in [2.24, 2.45) is 5.92 Å². The quantitative estimate of drug-likeness (QED) is 0.772. The molecule has 20 heavy (non-hydrogen) atoms. The van der Waals surface area contributed by atoms with Crippen LogP contribution in [0.25, 0.3) is 0 Å². The van der Waals surface area contributed by atoms with Gasteiger partial charge < -0.3 is 4.90 Å². The third kappa shape index (κ3) is 4.19. The molecule has 1 aliphatic heterocycles. The normalized spacial score (nSPS) is 16.1. The first-order valence-corrected chi connectivity index (χ1v) is 7.23. The summed E-state index contributed by atoms with van der Waals surface area (Å²) in [6.45, 7) is 5.54. The molecule has 1 aromatic rings. The van der Waals surface area contributed by atoms with Crippen LogP contribution >= 0.6 is 0 Å². The van der Waals surface area contributed by atoms with E-state index in [1.165, 1.54) is 17.7 Å². The van der Waals surface area contributed by atoms with Crippen LogP contribution in [-0.4, -0.2) is 23.9 Å². The Kier molecular flexibility index (Phi) is 4.94. The van der Waals surface area contributed by atoms with Gasteiger partial charge in [0, 0.05) is 19.2 Å². The lowest BCUT2D eigenvalue weighted by Gasteiger charge is -2.31. The molecule has 0 spiro atoms. The van der Waals surface area contributed by atoms with E-state index >= 15 is 0 Å². The predicted octanol–water partition coefficient (Wildman–Crippen LogP) is 3.57. The number of hydrogen-bond donors (Lipinski definition) is 0. The molecular formula is C17H22FNO. The Hall–Kier alpha value is -1.64. The Morgan fingerprint density at radius 1 is 1.25 bits per heavy atom. The van der Waals surface area contributed by atoms with Crippen molar-refractivity contribution in [3.8, 4) is 0 Å². The number of halogens is 1. The average molecular weight is 275 g/mol. The van der Waals surface area contributed by atoms with Crippen molar-refractivity contribution in [1.29, 1.82) is 0 Å². The van der Waals surface area contributed by atoms with Crippen LogP contribution in [0.2, 0.25) is 0 Å². The summed E-state index contributed by atoms with van der Waals surface area (Å²) in [5, 5.41) is 0. The Balaban J connectivity index is 1.84. The molecule has 0 saturated carbocycles. The zero-order valence-corrected chi connectivity index (χ0v) is 12.2. The molecule has 0 unspecified atom stereocenters. The van der Waals surface area contributed by atoms with E-state index in [1.807, 2.05) is 30.9 Å². The summed E-state index contributed by atoms with van der Waals surface area (Å²) in [5.41, 5.74) is 2.23. The summed E-state index contributed by atoms with van der Waals surface area (Å²) < 4.78 is 12.9. The van der Waals surface area contributed by atoms with Gasteiger partial charge in [-0.3, -0.25) is 4.79 Å². The maximum absolute atomic E-state index is 12.9. The number of carbonyl (C=O) groups excluding carboxylic acids is 1. The first-order chi connectivity index (χ1) is 9.54. The van der Waals surface area contributed by atoms with E-state index in [4.69, 9.17) is 0 Å². The topological polar surface area (TPSA) is 20.3 Å². The Labute approximate surface area is 120 Å². The van der Waals surface area contributed by atoms with Crippen molar-refractivity contribution in [2.75, 3.05) is 13.1 Å². The van der Waals surface area contributed by atoms with Gasteiger partial charge in [-0.25, -0.2) is 4.39 Å². The third-order valence-corrected chi connectivity index (χ3v) is 3.78. The zero-order chi connectivity index (χ0) is 14.5. The minimum atomic E-state index is -0.184. The van der Waals surface area contributed by atoms with Crippen molar-refractivity contribution in [2.45, 2.75) is 33.1 Å². The number of amides is 1. The average Bonchev–Trinajstić information content (AvgIpc) is 2.41. The molecule has 1 heterocycles. The number of piperidine rings is 1. The van der Waals surface area contributed by atoms with Crippen LogP contribution in [-0.2, 0) is 11.2 Å². The minimum Gasteiger partial charge on any atom is -0.339 e. The first-order valence-electron chi connectivity index (χ1n) is 7.23. The smallest absolute Gasteiger partial charge is 0.246 e. The van der Waals surface area contributed by atoms with Crippen molar-refractivity contribution in [3.63, 3.8) is 0 Å². The molecule has 0 N–H and O–H groups in total. The van der Waals surface area contributed by atoms with Crippen LogP contribution in [0.15, 0.2) is 35.9 Å². The highest BCUT2D eigenvalue weighted by atomic mass is 19.1. The second-order valence-electron chi connectivity index (χ2n) is 5.82. The van der Waals surface area contributed by atoms with E-state index in [2.05, 4.69) is 0 Å².